The Labute approximate surface area is 849 Å². The first-order valence-electron chi connectivity index (χ1n) is 43.4. The summed E-state index contributed by atoms with van der Waals surface area (Å²) < 4.78 is 102. The molecule has 7 aromatic carbocycles. The first-order chi connectivity index (χ1) is 70.0. The molecule has 14 rings (SSSR count). The van der Waals surface area contributed by atoms with Crippen LogP contribution in [-0.4, -0.2) is 208 Å². The highest BCUT2D eigenvalue weighted by atomic mass is 32.2. The molecule has 0 aliphatic carbocycles. The first-order valence-corrected chi connectivity index (χ1v) is 45.5. The average Bonchev–Trinajstić information content (AvgIpc) is 1.65. The van der Waals surface area contributed by atoms with Gasteiger partial charge in [-0.25, -0.2) is 24.5 Å². The van der Waals surface area contributed by atoms with Gasteiger partial charge in [0.05, 0.1) is 92.7 Å². The van der Waals surface area contributed by atoms with E-state index >= 15 is 0 Å². The zero-order valence-electron chi connectivity index (χ0n) is 79.9. The van der Waals surface area contributed by atoms with Crippen molar-refractivity contribution in [2.24, 2.45) is 12.0 Å². The van der Waals surface area contributed by atoms with Gasteiger partial charge in [-0.2, -0.15) is 26.9 Å². The van der Waals surface area contributed by atoms with Crippen LogP contribution >= 0.6 is 35.7 Å². The van der Waals surface area contributed by atoms with Gasteiger partial charge in [0.2, 0.25) is 5.95 Å². The number of nitrogen functional groups attached to an aromatic ring is 1. The summed E-state index contributed by atoms with van der Waals surface area (Å²) >= 11 is 4.70. The van der Waals surface area contributed by atoms with Crippen molar-refractivity contribution >= 4 is 144 Å². The lowest BCUT2D eigenvalue weighted by Gasteiger charge is -2.19. The zero-order chi connectivity index (χ0) is 108. The number of hydrogen-bond donors (Lipinski definition) is 14. The number of thioether (sulfide) groups is 2. The third-order valence-electron chi connectivity index (χ3n) is 18.7. The Kier molecular flexibility index (Phi) is 44.5. The number of halogens is 5. The van der Waals surface area contributed by atoms with Gasteiger partial charge in [-0.1, -0.05) is 23.9 Å². The van der Waals surface area contributed by atoms with Crippen LogP contribution in [0.1, 0.15) is 87.1 Å². The molecule has 0 bridgehead atoms. The number of fused-ring (bicyclic) bond motifs is 1. The second-order valence-corrected chi connectivity index (χ2v) is 33.3. The Morgan fingerprint density at radius 3 is 1.29 bits per heavy atom. The molecular formula is C96H100F5N21O22S3. The minimum Gasteiger partial charge on any atom is -0.477 e. The molecule has 6 aromatic heterocycles. The van der Waals surface area contributed by atoms with Crippen LogP contribution in [0.5, 0.6) is 57.5 Å². The number of aromatic nitrogens is 7. The van der Waals surface area contributed by atoms with E-state index in [9.17, 15) is 76.3 Å². The smallest absolute Gasteiger partial charge is 0.446 e. The SMILES string of the molecule is CC1(C)NCCO1.CNc1ccc(Oc2ccnc(C(=O)NCCO)c2)cc1N.CNc1ccc(Oc2ccnc(C(=O)NCCO)c2)cc1[N+](=O)[O-].CNc1ccc(Oc2ccnc(C(=O)O)c2)cc1[N+](=O)[O-].CNc1ccc(Oc2ccnc(C(=O)OC(C)(C)C)c2)cc1[N+](=O)[O-].Cn1c(Nc2cccc(SC(F)(F)F)c2)nc2cc(Oc3ccnc(C(=O)NCCO)c3)ccc21.FC(F)Sc1cccc(N=C=S)c1. The van der Waals surface area contributed by atoms with E-state index in [1.807, 2.05) is 13.8 Å². The molecule has 0 saturated carbocycles. The summed E-state index contributed by atoms with van der Waals surface area (Å²) in [5, 5.41) is 95.3. The third-order valence-corrected chi connectivity index (χ3v) is 20.2. The number of carboxylic acid groups (broad SMARTS) is 1. The molecule has 1 fully saturated rings. The molecule has 7 heterocycles. The van der Waals surface area contributed by atoms with E-state index in [4.69, 9.17) is 59.3 Å². The van der Waals surface area contributed by atoms with E-state index in [0.717, 1.165) is 24.4 Å². The highest BCUT2D eigenvalue weighted by molar-refractivity contribution is 8.00. The molecular weight excluding hydrogens is 1990 g/mol. The number of anilines is 7. The van der Waals surface area contributed by atoms with Crippen molar-refractivity contribution in [3.63, 3.8) is 0 Å². The Bertz CT molecular complexity index is 6770. The van der Waals surface area contributed by atoms with Crippen molar-refractivity contribution in [2.75, 3.05) is 113 Å². The molecule has 43 nitrogen and oxygen atoms in total. The van der Waals surface area contributed by atoms with Crippen molar-refractivity contribution in [1.82, 2.24) is 55.7 Å². The van der Waals surface area contributed by atoms with Crippen LogP contribution in [0.15, 0.2) is 246 Å². The van der Waals surface area contributed by atoms with Crippen molar-refractivity contribution in [1.29, 1.82) is 0 Å². The van der Waals surface area contributed by atoms with E-state index in [0.29, 0.717) is 96.7 Å². The molecule has 3 amide bonds. The number of nitrogens with two attached hydrogens (primary N) is 1. The van der Waals surface area contributed by atoms with Crippen LogP contribution in [0.3, 0.4) is 0 Å². The number of thiocarbonyl (C=S) groups is 1. The Hall–Kier alpha value is -16.9. The lowest BCUT2D eigenvalue weighted by atomic mass is 10.2. The number of carbonyl (C=O) groups is 5. The number of pyridine rings is 5. The number of aliphatic hydroxyl groups is 3. The molecule has 0 atom stereocenters. The van der Waals surface area contributed by atoms with Crippen molar-refractivity contribution in [2.45, 2.75) is 67.0 Å². The summed E-state index contributed by atoms with van der Waals surface area (Å²) in [6.07, 6.45) is 7.00. The fourth-order valence-corrected chi connectivity index (χ4v) is 13.4. The highest BCUT2D eigenvalue weighted by Gasteiger charge is 2.30. The maximum Gasteiger partial charge on any atom is 0.446 e. The van der Waals surface area contributed by atoms with Gasteiger partial charge in [-0.05, 0) is 186 Å². The Morgan fingerprint density at radius 2 is 0.918 bits per heavy atom. The molecule has 51 heteroatoms. The number of amides is 3. The average molecular weight is 2090 g/mol. The highest BCUT2D eigenvalue weighted by Crippen LogP contribution is 2.41. The van der Waals surface area contributed by atoms with Crippen molar-refractivity contribution < 1.29 is 114 Å². The first kappa shape index (κ1) is 115. The number of aliphatic imine (C=N–C) groups is 1. The second-order valence-electron chi connectivity index (χ2n) is 30.9. The van der Waals surface area contributed by atoms with E-state index in [1.54, 1.807) is 164 Å². The van der Waals surface area contributed by atoms with Gasteiger partial charge in [0.1, 0.15) is 103 Å². The van der Waals surface area contributed by atoms with E-state index in [2.05, 4.69) is 100 Å². The fourth-order valence-electron chi connectivity index (χ4n) is 12.2. The molecule has 0 unspecified atom stereocenters. The quantitative estimate of drug-likeness (QED) is 0.00260. The maximum atomic E-state index is 12.7. The second kappa shape index (κ2) is 56.8. The number of isothiocyanates is 1. The fraction of sp³-hybridized carbons (Fsp3) is 0.229. The van der Waals surface area contributed by atoms with Crippen LogP contribution in [0.2, 0.25) is 0 Å². The zero-order valence-corrected chi connectivity index (χ0v) is 82.4. The van der Waals surface area contributed by atoms with Crippen LogP contribution in [-0.2, 0) is 16.5 Å². The third kappa shape index (κ3) is 38.7. The number of imidazole rings is 1. The van der Waals surface area contributed by atoms with E-state index < -0.39 is 55.4 Å². The van der Waals surface area contributed by atoms with Crippen molar-refractivity contribution in [3.8, 4) is 57.5 Å². The number of aryl methyl sites for hydroxylation is 1. The van der Waals surface area contributed by atoms with Gasteiger partial charge in [-0.3, -0.25) is 65.0 Å². The number of nitrogens with zero attached hydrogens (tertiary/aromatic N) is 11. The molecule has 147 heavy (non-hydrogen) atoms. The number of nitro groups is 3. The minimum atomic E-state index is -4.37. The number of carboxylic acids is 1. The summed E-state index contributed by atoms with van der Waals surface area (Å²) in [7, 11) is 8.33. The number of hydrogen-bond acceptors (Lipinski definition) is 38. The monoisotopic (exact) mass is 2090 g/mol. The number of nitrogens with one attached hydrogen (secondary N) is 9. The minimum absolute atomic E-state index is 0.0556. The lowest BCUT2D eigenvalue weighted by Crippen LogP contribution is -2.33. The predicted octanol–water partition coefficient (Wildman–Crippen LogP) is 18.0. The largest absolute Gasteiger partial charge is 0.477 e. The Morgan fingerprint density at radius 1 is 0.537 bits per heavy atom. The number of carbonyl (C=O) groups excluding carboxylic acids is 4. The standard InChI is InChI=1S/C23H20F3N5O3S.C17H19N3O5.C15H16N4O5.C15H18N4O3.C13H11N3O5.C8H5F2NS2.C5H11NO/c1-31-20-6-5-15(34-16-7-8-27-19(13-16)21(33)28-9-10-32)12-18(20)30-22(31)29-14-3-2-4-17(11-14)35-23(24,25)26;1-17(2,3)25-16(21)14-9-12(7-8-19-14)24-11-5-6-13(18-4)15(10-11)20(22)23;1-16-12-3-2-10(9-14(12)19(22)23)24-11-4-5-17-13(8-11)15(21)18-6-7-20;1-17-13-3-2-10(8-12(13)16)22-11-4-5-18-14(9-11)15(21)19-6-7-20;1-14-10-3-2-8(7-12(10)16(19)20)21-9-4-5-15-11(6-9)13(17)18;9-8(10)13-7-3-1-2-6(4-7)11-5-12;1-5(2)6-3-4-7-5/h2-8,11-13,32H,9-10H2,1H3,(H,28,33)(H,29,30);5-10,18H,1-4H3;2-5,8-9,16,20H,6-7H2,1H3,(H,18,21);2-5,8-9,17,20H,6-7,16H2,1H3,(H,19,21);2-7,14H,1H3,(H,17,18);1-4,8H;6H,3-4H2,1-2H3. The summed E-state index contributed by atoms with van der Waals surface area (Å²) in [6.45, 7) is 11.1. The summed E-state index contributed by atoms with van der Waals surface area (Å²) in [5.74, 6) is -1.47. The number of nitro benzene ring substituents is 3. The van der Waals surface area contributed by atoms with E-state index in [-0.39, 0.29) is 136 Å². The van der Waals surface area contributed by atoms with Crippen LogP contribution in [0, 0.1) is 30.3 Å². The molecule has 13 aromatic rings. The molecule has 1 aliphatic heterocycles. The van der Waals surface area contributed by atoms with Crippen LogP contribution in [0.25, 0.3) is 11.0 Å². The maximum absolute atomic E-state index is 12.7. The van der Waals surface area contributed by atoms with Gasteiger partial charge < -0.3 is 106 Å². The van der Waals surface area contributed by atoms with Crippen LogP contribution < -0.4 is 77.3 Å². The topological polar surface area (TPSA) is 589 Å². The van der Waals surface area contributed by atoms with E-state index in [1.165, 1.54) is 128 Å². The van der Waals surface area contributed by atoms with Gasteiger partial charge in [0, 0.05) is 150 Å². The van der Waals surface area contributed by atoms with Gasteiger partial charge >= 0.3 is 17.4 Å². The molecule has 0 radical (unpaired) electrons. The molecule has 15 N–H and O–H groups in total. The number of aliphatic hydroxyl groups excluding tert-OH is 3. The Balaban J connectivity index is 0.000000216. The predicted molar refractivity (Wildman–Crippen MR) is 544 cm³/mol. The van der Waals surface area contributed by atoms with Gasteiger partial charge in [0.15, 0.2) is 11.4 Å². The van der Waals surface area contributed by atoms with Gasteiger partial charge in [-0.15, -0.1) is 0 Å². The number of aromatic carboxylic acids is 1. The van der Waals surface area contributed by atoms with Gasteiger partial charge in [0.25, 0.3) is 40.5 Å². The summed E-state index contributed by atoms with van der Waals surface area (Å²) in [5.41, 5.74) is 5.70. The number of esters is 1. The number of alkyl halides is 5. The van der Waals surface area contributed by atoms with Crippen molar-refractivity contribution in [3.05, 3.63) is 290 Å². The number of rotatable bonds is 34. The number of benzene rings is 7. The lowest BCUT2D eigenvalue weighted by molar-refractivity contribution is -0.384. The molecule has 1 aliphatic rings. The molecule has 1 saturated heterocycles. The molecule has 0 spiro atoms. The number of ether oxygens (including phenoxy) is 7. The van der Waals surface area contributed by atoms with Crippen LogP contribution in [0.4, 0.5) is 84.8 Å². The summed E-state index contributed by atoms with van der Waals surface area (Å²) in [6, 6.07) is 51.0. The molecule has 774 valence electrons. The normalized spacial score (nSPS) is 11.4. The summed E-state index contributed by atoms with van der Waals surface area (Å²) in [4.78, 5) is 118.